The third kappa shape index (κ3) is 8.84. The molecule has 1 aromatic rings. The van der Waals surface area contributed by atoms with E-state index in [9.17, 15) is 0 Å². The standard InChI is InChI=1S/C18H30N4O2.HI/c1-3-23-10-7-20-18(19-2)21-14-16-5-4-6-17(13-16)15-22-8-11-24-12-9-22;/h4-6,13H,3,7-12,14-15H2,1-2H3,(H2,19,20,21);1H. The summed E-state index contributed by atoms with van der Waals surface area (Å²) in [7, 11) is 1.78. The molecule has 0 amide bonds. The van der Waals surface area contributed by atoms with Crippen LogP contribution in [0.4, 0.5) is 0 Å². The van der Waals surface area contributed by atoms with Crippen LogP contribution in [-0.2, 0) is 22.6 Å². The zero-order valence-electron chi connectivity index (χ0n) is 15.3. The number of halogens is 1. The normalized spacial score (nSPS) is 15.5. The molecule has 1 aliphatic rings. The van der Waals surface area contributed by atoms with Crippen molar-refractivity contribution in [2.24, 2.45) is 4.99 Å². The van der Waals surface area contributed by atoms with E-state index in [0.29, 0.717) is 6.61 Å². The van der Waals surface area contributed by atoms with Crippen molar-refractivity contribution in [1.82, 2.24) is 15.5 Å². The smallest absolute Gasteiger partial charge is 0.191 e. The van der Waals surface area contributed by atoms with Gasteiger partial charge in [0.1, 0.15) is 0 Å². The Labute approximate surface area is 168 Å². The lowest BCUT2D eigenvalue weighted by atomic mass is 10.1. The van der Waals surface area contributed by atoms with Crippen molar-refractivity contribution in [3.8, 4) is 0 Å². The first-order chi connectivity index (χ1) is 11.8. The Morgan fingerprint density at radius 3 is 2.72 bits per heavy atom. The van der Waals surface area contributed by atoms with Crippen molar-refractivity contribution in [3.05, 3.63) is 35.4 Å². The average molecular weight is 462 g/mol. The molecule has 2 N–H and O–H groups in total. The van der Waals surface area contributed by atoms with E-state index in [0.717, 1.165) is 58.5 Å². The maximum atomic E-state index is 5.41. The number of benzene rings is 1. The minimum absolute atomic E-state index is 0. The molecule has 6 nitrogen and oxygen atoms in total. The van der Waals surface area contributed by atoms with Crippen molar-refractivity contribution < 1.29 is 9.47 Å². The molecule has 1 fully saturated rings. The number of guanidine groups is 1. The molecular weight excluding hydrogens is 431 g/mol. The van der Waals surface area contributed by atoms with E-state index in [2.05, 4.69) is 44.8 Å². The minimum atomic E-state index is 0. The first-order valence-electron chi connectivity index (χ1n) is 8.72. The lowest BCUT2D eigenvalue weighted by Crippen LogP contribution is -2.38. The molecule has 2 rings (SSSR count). The van der Waals surface area contributed by atoms with Gasteiger partial charge in [0, 0.05) is 46.4 Å². The summed E-state index contributed by atoms with van der Waals surface area (Å²) >= 11 is 0. The average Bonchev–Trinajstić information content (AvgIpc) is 2.62. The first-order valence-corrected chi connectivity index (χ1v) is 8.72. The van der Waals surface area contributed by atoms with E-state index in [4.69, 9.17) is 9.47 Å². The highest BCUT2D eigenvalue weighted by Gasteiger charge is 2.10. The number of aliphatic imine (C=N–C) groups is 1. The fraction of sp³-hybridized carbons (Fsp3) is 0.611. The molecular formula is C18H31IN4O2. The molecule has 0 radical (unpaired) electrons. The SMILES string of the molecule is CCOCCNC(=NC)NCc1cccc(CN2CCOCC2)c1.I. The predicted octanol–water partition coefficient (Wildman–Crippen LogP) is 1.84. The molecule has 25 heavy (non-hydrogen) atoms. The highest BCUT2D eigenvalue weighted by molar-refractivity contribution is 14.0. The number of morpholine rings is 1. The van der Waals surface area contributed by atoms with Crippen molar-refractivity contribution >= 4 is 29.9 Å². The maximum absolute atomic E-state index is 5.41. The Morgan fingerprint density at radius 2 is 2.00 bits per heavy atom. The van der Waals surface area contributed by atoms with E-state index in [1.807, 2.05) is 6.92 Å². The van der Waals surface area contributed by atoms with Gasteiger partial charge in [0.05, 0.1) is 19.8 Å². The van der Waals surface area contributed by atoms with Crippen LogP contribution in [-0.4, -0.2) is 64.0 Å². The van der Waals surface area contributed by atoms with Gasteiger partial charge < -0.3 is 20.1 Å². The van der Waals surface area contributed by atoms with Gasteiger partial charge in [-0.1, -0.05) is 24.3 Å². The Bertz CT molecular complexity index is 508. The predicted molar refractivity (Wildman–Crippen MR) is 113 cm³/mol. The highest BCUT2D eigenvalue weighted by atomic mass is 127. The van der Waals surface area contributed by atoms with Gasteiger partial charge in [-0.2, -0.15) is 0 Å². The zero-order valence-corrected chi connectivity index (χ0v) is 17.6. The lowest BCUT2D eigenvalue weighted by Gasteiger charge is -2.26. The molecule has 0 aliphatic carbocycles. The van der Waals surface area contributed by atoms with E-state index in [-0.39, 0.29) is 24.0 Å². The summed E-state index contributed by atoms with van der Waals surface area (Å²) < 4.78 is 10.7. The molecule has 1 aromatic carbocycles. The molecule has 1 saturated heterocycles. The molecule has 0 aromatic heterocycles. The molecule has 7 heteroatoms. The van der Waals surface area contributed by atoms with Crippen molar-refractivity contribution in [1.29, 1.82) is 0 Å². The van der Waals surface area contributed by atoms with Gasteiger partial charge in [-0.15, -0.1) is 24.0 Å². The largest absolute Gasteiger partial charge is 0.380 e. The fourth-order valence-electron chi connectivity index (χ4n) is 2.65. The van der Waals surface area contributed by atoms with Crippen LogP contribution in [0.25, 0.3) is 0 Å². The molecule has 0 unspecified atom stereocenters. The van der Waals surface area contributed by atoms with Gasteiger partial charge in [0.25, 0.3) is 0 Å². The van der Waals surface area contributed by atoms with Crippen molar-refractivity contribution in [2.45, 2.75) is 20.0 Å². The molecule has 0 bridgehead atoms. The van der Waals surface area contributed by atoms with Crippen LogP contribution in [0.3, 0.4) is 0 Å². The number of nitrogens with one attached hydrogen (secondary N) is 2. The van der Waals surface area contributed by atoms with Crippen LogP contribution in [0, 0.1) is 0 Å². The third-order valence-electron chi connectivity index (χ3n) is 3.93. The van der Waals surface area contributed by atoms with Crippen LogP contribution in [0.1, 0.15) is 18.1 Å². The van der Waals surface area contributed by atoms with Crippen LogP contribution in [0.5, 0.6) is 0 Å². The van der Waals surface area contributed by atoms with Crippen LogP contribution >= 0.6 is 24.0 Å². The number of rotatable bonds is 8. The summed E-state index contributed by atoms with van der Waals surface area (Å²) in [6, 6.07) is 8.71. The molecule has 1 aliphatic heterocycles. The van der Waals surface area contributed by atoms with Crippen LogP contribution in [0.2, 0.25) is 0 Å². The number of hydrogen-bond acceptors (Lipinski definition) is 4. The van der Waals surface area contributed by atoms with E-state index < -0.39 is 0 Å². The second kappa shape index (κ2) is 13.3. The van der Waals surface area contributed by atoms with Crippen LogP contribution in [0.15, 0.2) is 29.3 Å². The second-order valence-corrected chi connectivity index (χ2v) is 5.76. The Kier molecular flexibility index (Phi) is 11.8. The summed E-state index contributed by atoms with van der Waals surface area (Å²) in [6.45, 7) is 9.62. The number of ether oxygens (including phenoxy) is 2. The summed E-state index contributed by atoms with van der Waals surface area (Å²) in [5, 5.41) is 6.59. The van der Waals surface area contributed by atoms with Gasteiger partial charge in [-0.05, 0) is 18.1 Å². The summed E-state index contributed by atoms with van der Waals surface area (Å²) in [4.78, 5) is 6.67. The Morgan fingerprint density at radius 1 is 1.24 bits per heavy atom. The molecule has 0 atom stereocenters. The van der Waals surface area contributed by atoms with Gasteiger partial charge >= 0.3 is 0 Å². The molecule has 142 valence electrons. The molecule has 1 heterocycles. The summed E-state index contributed by atoms with van der Waals surface area (Å²) in [5.74, 6) is 0.799. The number of hydrogen-bond donors (Lipinski definition) is 2. The van der Waals surface area contributed by atoms with Crippen molar-refractivity contribution in [2.75, 3.05) is 53.1 Å². The van der Waals surface area contributed by atoms with E-state index in [1.165, 1.54) is 11.1 Å². The Balaban J connectivity index is 0.00000312. The quantitative estimate of drug-likeness (QED) is 0.267. The minimum Gasteiger partial charge on any atom is -0.380 e. The lowest BCUT2D eigenvalue weighted by molar-refractivity contribution is 0.0342. The topological polar surface area (TPSA) is 58.1 Å². The highest BCUT2D eigenvalue weighted by Crippen LogP contribution is 2.10. The van der Waals surface area contributed by atoms with Gasteiger partial charge in [-0.25, -0.2) is 0 Å². The van der Waals surface area contributed by atoms with Gasteiger partial charge in [-0.3, -0.25) is 9.89 Å². The van der Waals surface area contributed by atoms with Gasteiger partial charge in [0.15, 0.2) is 5.96 Å². The number of nitrogens with zero attached hydrogens (tertiary/aromatic N) is 2. The van der Waals surface area contributed by atoms with E-state index in [1.54, 1.807) is 7.05 Å². The summed E-state index contributed by atoms with van der Waals surface area (Å²) in [6.07, 6.45) is 0. The fourth-order valence-corrected chi connectivity index (χ4v) is 2.65. The van der Waals surface area contributed by atoms with Crippen molar-refractivity contribution in [3.63, 3.8) is 0 Å². The third-order valence-corrected chi connectivity index (χ3v) is 3.93. The molecule has 0 saturated carbocycles. The monoisotopic (exact) mass is 462 g/mol. The first kappa shape index (κ1) is 22.1. The van der Waals surface area contributed by atoms with E-state index >= 15 is 0 Å². The van der Waals surface area contributed by atoms with Crippen LogP contribution < -0.4 is 10.6 Å². The van der Waals surface area contributed by atoms with Gasteiger partial charge in [0.2, 0.25) is 0 Å². The zero-order chi connectivity index (χ0) is 17.0. The summed E-state index contributed by atoms with van der Waals surface area (Å²) in [5.41, 5.74) is 2.60. The molecule has 0 spiro atoms. The second-order valence-electron chi connectivity index (χ2n) is 5.76. The maximum Gasteiger partial charge on any atom is 0.191 e. The Hall–Kier alpha value is -0.900.